The molecule has 4 rings (SSSR count). The Morgan fingerprint density at radius 3 is 2.38 bits per heavy atom. The zero-order valence-corrected chi connectivity index (χ0v) is 22.2. The number of allylic oxidation sites excluding steroid dienone is 3. The van der Waals surface area contributed by atoms with E-state index >= 15 is 0 Å². The molecule has 0 radical (unpaired) electrons. The van der Waals surface area contributed by atoms with Gasteiger partial charge in [-0.05, 0) is 117 Å². The highest BCUT2D eigenvalue weighted by Crippen LogP contribution is 2.72. The third-order valence-corrected chi connectivity index (χ3v) is 11.6. The number of hydrogen-bond donors (Lipinski definition) is 2. The maximum atomic E-state index is 11.8. The van der Waals surface area contributed by atoms with Crippen LogP contribution in [0.1, 0.15) is 113 Å². The van der Waals surface area contributed by atoms with Crippen molar-refractivity contribution in [1.29, 1.82) is 0 Å². The minimum Gasteiger partial charge on any atom is -0.393 e. The van der Waals surface area contributed by atoms with Crippen molar-refractivity contribution in [3.05, 3.63) is 22.8 Å². The molecule has 8 unspecified atom stereocenters. The average molecular weight is 443 g/mol. The average Bonchev–Trinajstić information content (AvgIpc) is 2.96. The standard InChI is InChI=1S/C30H50O2/c1-19(2)10-9-11-20(3)21-14-17-29(7)22-12-13-24-27(4,5)25(32)15-16-28(24,6)26(22)23(31)18-30(21,29)8/h10,20-21,23-25,31-32H,9,11-18H2,1-8H3. The fraction of sp³-hybridized carbons (Fsp3) is 0.867. The summed E-state index contributed by atoms with van der Waals surface area (Å²) < 4.78 is 0. The van der Waals surface area contributed by atoms with Gasteiger partial charge in [0.1, 0.15) is 0 Å². The molecule has 0 aromatic heterocycles. The summed E-state index contributed by atoms with van der Waals surface area (Å²) in [4.78, 5) is 0. The number of rotatable bonds is 4. The summed E-state index contributed by atoms with van der Waals surface area (Å²) in [5.74, 6) is 1.85. The van der Waals surface area contributed by atoms with Crippen molar-refractivity contribution < 1.29 is 10.2 Å². The van der Waals surface area contributed by atoms with E-state index in [1.165, 1.54) is 43.3 Å². The second-order valence-electron chi connectivity index (χ2n) is 13.7. The first-order chi connectivity index (χ1) is 14.8. The van der Waals surface area contributed by atoms with Crippen molar-refractivity contribution in [2.45, 2.75) is 125 Å². The summed E-state index contributed by atoms with van der Waals surface area (Å²) in [6, 6.07) is 0. The summed E-state index contributed by atoms with van der Waals surface area (Å²) in [5.41, 5.74) is 4.81. The zero-order valence-electron chi connectivity index (χ0n) is 22.2. The largest absolute Gasteiger partial charge is 0.393 e. The molecule has 0 bridgehead atoms. The molecule has 0 aliphatic heterocycles. The molecular formula is C30H50O2. The van der Waals surface area contributed by atoms with Crippen LogP contribution in [0.2, 0.25) is 0 Å². The van der Waals surface area contributed by atoms with Crippen LogP contribution in [0.5, 0.6) is 0 Å². The number of fused-ring (bicyclic) bond motifs is 4. The molecular weight excluding hydrogens is 392 g/mol. The summed E-state index contributed by atoms with van der Waals surface area (Å²) in [6.45, 7) is 18.9. The van der Waals surface area contributed by atoms with E-state index in [1.807, 2.05) is 0 Å². The first-order valence-corrected chi connectivity index (χ1v) is 13.5. The normalized spacial score (nSPS) is 46.2. The van der Waals surface area contributed by atoms with Gasteiger partial charge in [0.2, 0.25) is 0 Å². The van der Waals surface area contributed by atoms with Gasteiger partial charge in [-0.2, -0.15) is 0 Å². The van der Waals surface area contributed by atoms with Crippen molar-refractivity contribution in [2.75, 3.05) is 0 Å². The van der Waals surface area contributed by atoms with Crippen molar-refractivity contribution in [3.63, 3.8) is 0 Å². The molecule has 32 heavy (non-hydrogen) atoms. The number of aliphatic hydroxyl groups is 2. The molecule has 182 valence electrons. The Labute approximate surface area is 198 Å². The second-order valence-corrected chi connectivity index (χ2v) is 13.7. The Balaban J connectivity index is 1.70. The molecule has 0 aromatic rings. The first kappa shape index (κ1) is 24.5. The van der Waals surface area contributed by atoms with Gasteiger partial charge in [0.15, 0.2) is 0 Å². The zero-order chi connectivity index (χ0) is 23.7. The molecule has 0 heterocycles. The van der Waals surface area contributed by atoms with Crippen LogP contribution < -0.4 is 0 Å². The van der Waals surface area contributed by atoms with Crippen LogP contribution in [-0.4, -0.2) is 22.4 Å². The van der Waals surface area contributed by atoms with E-state index < -0.39 is 0 Å². The van der Waals surface area contributed by atoms with Gasteiger partial charge in [0, 0.05) is 0 Å². The maximum absolute atomic E-state index is 11.8. The molecule has 0 amide bonds. The monoisotopic (exact) mass is 442 g/mol. The third-order valence-electron chi connectivity index (χ3n) is 11.6. The van der Waals surface area contributed by atoms with Gasteiger partial charge in [0.05, 0.1) is 12.2 Å². The predicted molar refractivity (Wildman–Crippen MR) is 134 cm³/mol. The molecule has 2 fully saturated rings. The van der Waals surface area contributed by atoms with Crippen LogP contribution in [0.15, 0.2) is 22.8 Å². The van der Waals surface area contributed by atoms with Crippen molar-refractivity contribution in [2.24, 2.45) is 39.4 Å². The lowest BCUT2D eigenvalue weighted by atomic mass is 9.42. The molecule has 2 N–H and O–H groups in total. The first-order valence-electron chi connectivity index (χ1n) is 13.5. The van der Waals surface area contributed by atoms with E-state index in [-0.39, 0.29) is 33.9 Å². The van der Waals surface area contributed by atoms with Gasteiger partial charge in [-0.3, -0.25) is 0 Å². The fourth-order valence-electron chi connectivity index (χ4n) is 9.55. The van der Waals surface area contributed by atoms with Crippen LogP contribution in [0.4, 0.5) is 0 Å². The third kappa shape index (κ3) is 3.33. The molecule has 0 spiro atoms. The number of hydrogen-bond acceptors (Lipinski definition) is 2. The Kier molecular flexibility index (Phi) is 6.11. The Morgan fingerprint density at radius 2 is 1.72 bits per heavy atom. The van der Waals surface area contributed by atoms with E-state index in [9.17, 15) is 10.2 Å². The van der Waals surface area contributed by atoms with Gasteiger partial charge in [0.25, 0.3) is 0 Å². The van der Waals surface area contributed by atoms with Crippen LogP contribution in [0.3, 0.4) is 0 Å². The molecule has 4 aliphatic rings. The smallest absolute Gasteiger partial charge is 0.0764 e. The Bertz CT molecular complexity index is 802. The van der Waals surface area contributed by atoms with Crippen LogP contribution in [0, 0.1) is 39.4 Å². The van der Waals surface area contributed by atoms with Crippen LogP contribution in [-0.2, 0) is 0 Å². The van der Waals surface area contributed by atoms with Crippen molar-refractivity contribution in [1.82, 2.24) is 0 Å². The van der Waals surface area contributed by atoms with Gasteiger partial charge in [-0.1, -0.05) is 58.8 Å². The van der Waals surface area contributed by atoms with Gasteiger partial charge < -0.3 is 10.2 Å². The summed E-state index contributed by atoms with van der Waals surface area (Å²) in [7, 11) is 0. The Hall–Kier alpha value is -0.600. The van der Waals surface area contributed by atoms with Gasteiger partial charge in [-0.25, -0.2) is 0 Å². The lowest BCUT2D eigenvalue weighted by molar-refractivity contribution is -0.107. The minimum absolute atomic E-state index is 0.0349. The maximum Gasteiger partial charge on any atom is 0.0764 e. The van der Waals surface area contributed by atoms with E-state index in [1.54, 1.807) is 5.57 Å². The van der Waals surface area contributed by atoms with Crippen molar-refractivity contribution in [3.8, 4) is 0 Å². The molecule has 4 aliphatic carbocycles. The molecule has 2 nitrogen and oxygen atoms in total. The van der Waals surface area contributed by atoms with Crippen molar-refractivity contribution >= 4 is 0 Å². The number of aliphatic hydroxyl groups excluding tert-OH is 2. The molecule has 2 saturated carbocycles. The van der Waals surface area contributed by atoms with Gasteiger partial charge >= 0.3 is 0 Å². The highest BCUT2D eigenvalue weighted by Gasteiger charge is 2.65. The van der Waals surface area contributed by atoms with Crippen LogP contribution >= 0.6 is 0 Å². The topological polar surface area (TPSA) is 40.5 Å². The SMILES string of the molecule is CC(C)=CCCC(C)C1CCC2(C)C3=C(C(O)CC12C)C1(C)CCC(O)C(C)(C)C1CC3. The summed E-state index contributed by atoms with van der Waals surface area (Å²) in [5, 5.41) is 22.6. The quantitative estimate of drug-likeness (QED) is 0.444. The molecule has 0 saturated heterocycles. The molecule has 8 atom stereocenters. The summed E-state index contributed by atoms with van der Waals surface area (Å²) in [6.07, 6.45) is 12.0. The van der Waals surface area contributed by atoms with Crippen LogP contribution in [0.25, 0.3) is 0 Å². The molecule has 0 aromatic carbocycles. The fourth-order valence-corrected chi connectivity index (χ4v) is 9.55. The van der Waals surface area contributed by atoms with E-state index in [2.05, 4.69) is 61.5 Å². The Morgan fingerprint density at radius 1 is 1.03 bits per heavy atom. The van der Waals surface area contributed by atoms with Gasteiger partial charge in [-0.15, -0.1) is 0 Å². The lowest BCUT2D eigenvalue weighted by Crippen LogP contribution is -2.57. The highest BCUT2D eigenvalue weighted by molar-refractivity contribution is 5.41. The van der Waals surface area contributed by atoms with E-state index in [0.717, 1.165) is 25.7 Å². The van der Waals surface area contributed by atoms with E-state index in [4.69, 9.17) is 0 Å². The minimum atomic E-state index is -0.313. The lowest BCUT2D eigenvalue weighted by Gasteiger charge is -2.63. The van der Waals surface area contributed by atoms with E-state index in [0.29, 0.717) is 17.8 Å². The molecule has 2 heteroatoms. The predicted octanol–water partition coefficient (Wildman–Crippen LogP) is 7.45. The second kappa shape index (κ2) is 7.98. The highest BCUT2D eigenvalue weighted by atomic mass is 16.3. The summed E-state index contributed by atoms with van der Waals surface area (Å²) >= 11 is 0.